The van der Waals surface area contributed by atoms with Gasteiger partial charge in [0.25, 0.3) is 0 Å². The number of hydrogen-bond donors (Lipinski definition) is 0. The molecule has 0 aliphatic heterocycles. The van der Waals surface area contributed by atoms with Gasteiger partial charge in [0, 0.05) is 18.1 Å². The molecule has 0 fully saturated rings. The van der Waals surface area contributed by atoms with Crippen molar-refractivity contribution in [1.82, 2.24) is 9.55 Å². The summed E-state index contributed by atoms with van der Waals surface area (Å²) in [7, 11) is 1.37. The third-order valence-electron chi connectivity index (χ3n) is 3.56. The number of carbonyl (C=O) groups excluding carboxylic acids is 1. The van der Waals surface area contributed by atoms with Crippen LogP contribution >= 0.6 is 0 Å². The Morgan fingerprint density at radius 3 is 2.77 bits per heavy atom. The van der Waals surface area contributed by atoms with Gasteiger partial charge in [-0.1, -0.05) is 0 Å². The van der Waals surface area contributed by atoms with Gasteiger partial charge in [-0.2, -0.15) is 0 Å². The van der Waals surface area contributed by atoms with Crippen LogP contribution in [0.15, 0.2) is 48.7 Å². The lowest BCUT2D eigenvalue weighted by Gasteiger charge is -2.09. The van der Waals surface area contributed by atoms with E-state index in [4.69, 9.17) is 4.74 Å². The lowest BCUT2D eigenvalue weighted by atomic mass is 10.1. The second-order valence-corrected chi connectivity index (χ2v) is 4.93. The van der Waals surface area contributed by atoms with Gasteiger partial charge < -0.3 is 9.30 Å². The first-order valence-corrected chi connectivity index (χ1v) is 6.96. The number of rotatable bonds is 4. The first-order valence-electron chi connectivity index (χ1n) is 6.96. The number of carbonyl (C=O) groups is 1. The third kappa shape index (κ3) is 2.70. The molecule has 3 aromatic rings. The number of benzene rings is 1. The van der Waals surface area contributed by atoms with Gasteiger partial charge in [-0.3, -0.25) is 4.79 Å². The summed E-state index contributed by atoms with van der Waals surface area (Å²) in [4.78, 5) is 15.8. The monoisotopic (exact) mass is 298 g/mol. The van der Waals surface area contributed by atoms with Gasteiger partial charge in [-0.15, -0.1) is 0 Å². The van der Waals surface area contributed by atoms with Crippen molar-refractivity contribution in [3.8, 4) is 11.3 Å². The Labute approximate surface area is 127 Å². The molecule has 5 heteroatoms. The number of esters is 1. The van der Waals surface area contributed by atoms with E-state index in [0.717, 1.165) is 22.3 Å². The molecule has 0 spiro atoms. The van der Waals surface area contributed by atoms with Crippen LogP contribution in [0.2, 0.25) is 0 Å². The number of aromatic nitrogens is 2. The van der Waals surface area contributed by atoms with E-state index in [-0.39, 0.29) is 18.2 Å². The van der Waals surface area contributed by atoms with Crippen molar-refractivity contribution < 1.29 is 13.9 Å². The van der Waals surface area contributed by atoms with E-state index in [1.807, 2.05) is 22.8 Å². The molecule has 1 aromatic carbocycles. The Hall–Kier alpha value is -2.69. The van der Waals surface area contributed by atoms with Gasteiger partial charge in [0.15, 0.2) is 0 Å². The maximum Gasteiger partial charge on any atom is 0.307 e. The average Bonchev–Trinajstić information content (AvgIpc) is 2.92. The van der Waals surface area contributed by atoms with Crippen molar-refractivity contribution in [1.29, 1.82) is 0 Å². The summed E-state index contributed by atoms with van der Waals surface area (Å²) in [5, 5.41) is 0.978. The number of nitrogens with zero attached hydrogens (tertiary/aromatic N) is 2. The number of halogens is 1. The quantitative estimate of drug-likeness (QED) is 0.693. The van der Waals surface area contributed by atoms with Crippen molar-refractivity contribution in [2.75, 3.05) is 7.11 Å². The first kappa shape index (κ1) is 14.3. The van der Waals surface area contributed by atoms with E-state index in [0.29, 0.717) is 6.54 Å². The lowest BCUT2D eigenvalue weighted by Crippen LogP contribution is -2.08. The molecule has 0 saturated carbocycles. The maximum absolute atomic E-state index is 13.1. The van der Waals surface area contributed by atoms with E-state index in [2.05, 4.69) is 4.98 Å². The topological polar surface area (TPSA) is 44.1 Å². The average molecular weight is 298 g/mol. The highest BCUT2D eigenvalue weighted by molar-refractivity contribution is 5.84. The normalized spacial score (nSPS) is 10.8. The van der Waals surface area contributed by atoms with E-state index < -0.39 is 0 Å². The fraction of sp³-hybridized carbons (Fsp3) is 0.176. The lowest BCUT2D eigenvalue weighted by molar-refractivity contribution is -0.140. The van der Waals surface area contributed by atoms with Crippen LogP contribution in [0.25, 0.3) is 22.3 Å². The standard InChI is InChI=1S/C17H15FN2O2/c1-22-16(21)8-10-20-15(12-4-6-14(18)7-5-12)11-13-3-2-9-19-17(13)20/h2-7,9,11H,8,10H2,1H3. The molecule has 0 bridgehead atoms. The minimum atomic E-state index is -0.279. The van der Waals surface area contributed by atoms with Gasteiger partial charge >= 0.3 is 5.97 Å². The second-order valence-electron chi connectivity index (χ2n) is 4.93. The molecule has 3 rings (SSSR count). The predicted molar refractivity (Wildman–Crippen MR) is 81.8 cm³/mol. The zero-order chi connectivity index (χ0) is 15.5. The van der Waals surface area contributed by atoms with Crippen LogP contribution in [-0.4, -0.2) is 22.6 Å². The molecule has 0 unspecified atom stereocenters. The molecule has 2 heterocycles. The minimum absolute atomic E-state index is 0.255. The van der Waals surface area contributed by atoms with E-state index in [1.54, 1.807) is 18.3 Å². The Kier molecular flexibility index (Phi) is 3.87. The van der Waals surface area contributed by atoms with Crippen LogP contribution in [0, 0.1) is 5.82 Å². The van der Waals surface area contributed by atoms with Crippen LogP contribution < -0.4 is 0 Å². The summed E-state index contributed by atoms with van der Waals surface area (Å²) in [6.45, 7) is 0.458. The Bertz CT molecular complexity index is 809. The van der Waals surface area contributed by atoms with Crippen LogP contribution in [0.3, 0.4) is 0 Å². The van der Waals surface area contributed by atoms with Gasteiger partial charge in [0.2, 0.25) is 0 Å². The van der Waals surface area contributed by atoms with E-state index in [1.165, 1.54) is 19.2 Å². The zero-order valence-corrected chi connectivity index (χ0v) is 12.1. The molecule has 0 aliphatic carbocycles. The molecular weight excluding hydrogens is 283 g/mol. The molecule has 0 N–H and O–H groups in total. The molecule has 112 valence electrons. The largest absolute Gasteiger partial charge is 0.469 e. The second kappa shape index (κ2) is 5.97. The first-order chi connectivity index (χ1) is 10.7. The smallest absolute Gasteiger partial charge is 0.307 e. The highest BCUT2D eigenvalue weighted by Crippen LogP contribution is 2.27. The Morgan fingerprint density at radius 2 is 2.05 bits per heavy atom. The van der Waals surface area contributed by atoms with Crippen molar-refractivity contribution >= 4 is 17.0 Å². The number of fused-ring (bicyclic) bond motifs is 1. The van der Waals surface area contributed by atoms with Crippen molar-refractivity contribution in [2.24, 2.45) is 0 Å². The van der Waals surface area contributed by atoms with Crippen molar-refractivity contribution in [3.05, 3.63) is 54.5 Å². The summed E-state index contributed by atoms with van der Waals surface area (Å²) in [5.74, 6) is -0.554. The van der Waals surface area contributed by atoms with Crippen LogP contribution in [0.5, 0.6) is 0 Å². The molecule has 0 amide bonds. The van der Waals surface area contributed by atoms with Crippen LogP contribution in [0.1, 0.15) is 6.42 Å². The fourth-order valence-electron chi connectivity index (χ4n) is 2.48. The number of hydrogen-bond acceptors (Lipinski definition) is 3. The number of ether oxygens (including phenoxy) is 1. The SMILES string of the molecule is COC(=O)CCn1c(-c2ccc(F)cc2)cc2cccnc21. The Balaban J connectivity index is 2.07. The molecule has 0 aliphatic rings. The summed E-state index contributed by atoms with van der Waals surface area (Å²) in [6, 6.07) is 12.1. The summed E-state index contributed by atoms with van der Waals surface area (Å²) < 4.78 is 19.8. The predicted octanol–water partition coefficient (Wildman–Crippen LogP) is 3.41. The minimum Gasteiger partial charge on any atom is -0.469 e. The molecule has 2 aromatic heterocycles. The van der Waals surface area contributed by atoms with Crippen molar-refractivity contribution in [2.45, 2.75) is 13.0 Å². The third-order valence-corrected chi connectivity index (χ3v) is 3.56. The highest BCUT2D eigenvalue weighted by Gasteiger charge is 2.13. The molecule has 0 radical (unpaired) electrons. The van der Waals surface area contributed by atoms with E-state index in [9.17, 15) is 9.18 Å². The highest BCUT2D eigenvalue weighted by atomic mass is 19.1. The van der Waals surface area contributed by atoms with Crippen LogP contribution in [0.4, 0.5) is 4.39 Å². The van der Waals surface area contributed by atoms with Crippen LogP contribution in [-0.2, 0) is 16.1 Å². The molecule has 0 saturated heterocycles. The molecule has 4 nitrogen and oxygen atoms in total. The fourth-order valence-corrected chi connectivity index (χ4v) is 2.48. The number of methoxy groups -OCH3 is 1. The molecular formula is C17H15FN2O2. The van der Waals surface area contributed by atoms with Gasteiger partial charge in [-0.05, 0) is 48.0 Å². The molecule has 22 heavy (non-hydrogen) atoms. The summed E-state index contributed by atoms with van der Waals surface area (Å²) in [6.07, 6.45) is 1.97. The summed E-state index contributed by atoms with van der Waals surface area (Å²) >= 11 is 0. The van der Waals surface area contributed by atoms with E-state index >= 15 is 0 Å². The molecule has 0 atom stereocenters. The Morgan fingerprint density at radius 1 is 1.27 bits per heavy atom. The van der Waals surface area contributed by atoms with Crippen molar-refractivity contribution in [3.63, 3.8) is 0 Å². The van der Waals surface area contributed by atoms with Gasteiger partial charge in [0.1, 0.15) is 11.5 Å². The maximum atomic E-state index is 13.1. The van der Waals surface area contributed by atoms with Gasteiger partial charge in [-0.25, -0.2) is 9.37 Å². The zero-order valence-electron chi connectivity index (χ0n) is 12.1. The van der Waals surface area contributed by atoms with Gasteiger partial charge in [0.05, 0.1) is 19.2 Å². The number of aryl methyl sites for hydroxylation is 1. The number of pyridine rings is 1. The summed E-state index contributed by atoms with van der Waals surface area (Å²) in [5.41, 5.74) is 2.58.